The first-order valence-corrected chi connectivity index (χ1v) is 8.20. The van der Waals surface area contributed by atoms with Gasteiger partial charge in [0.1, 0.15) is 5.75 Å². The van der Waals surface area contributed by atoms with Crippen LogP contribution in [0.5, 0.6) is 5.75 Å². The fourth-order valence-corrected chi connectivity index (χ4v) is 2.86. The normalized spacial score (nSPS) is 16.6. The largest absolute Gasteiger partial charge is 0.497 e. The smallest absolute Gasteiger partial charge is 0.319 e. The molecule has 0 bridgehead atoms. The molecule has 3 amide bonds. The molecule has 25 heavy (non-hydrogen) atoms. The summed E-state index contributed by atoms with van der Waals surface area (Å²) in [4.78, 5) is 25.9. The lowest BCUT2D eigenvalue weighted by Gasteiger charge is -2.17. The van der Waals surface area contributed by atoms with Gasteiger partial charge < -0.3 is 20.3 Å². The lowest BCUT2D eigenvalue weighted by atomic mass is 10.1. The van der Waals surface area contributed by atoms with Gasteiger partial charge in [0.15, 0.2) is 0 Å². The lowest BCUT2D eigenvalue weighted by Crippen LogP contribution is -2.34. The van der Waals surface area contributed by atoms with Gasteiger partial charge in [-0.3, -0.25) is 4.79 Å². The van der Waals surface area contributed by atoms with Gasteiger partial charge in [-0.05, 0) is 36.4 Å². The third-order valence-corrected chi connectivity index (χ3v) is 4.17. The van der Waals surface area contributed by atoms with E-state index in [1.165, 1.54) is 0 Å². The molecular weight excluding hydrogens is 318 g/mol. The molecule has 130 valence electrons. The molecule has 1 aliphatic rings. The summed E-state index contributed by atoms with van der Waals surface area (Å²) in [6, 6.07) is 16.4. The number of hydrogen-bond donors (Lipinski definition) is 2. The standard InChI is InChI=1S/C19H21N3O3/c1-25-17-9-7-16(8-10-17)22-13-14(11-18(22)23)12-20-19(24)21-15-5-3-2-4-6-15/h2-10,14H,11-13H2,1H3,(H2,20,21,24)/t14-/m1/s1. The van der Waals surface area contributed by atoms with Crippen LogP contribution in [0, 0.1) is 5.92 Å². The quantitative estimate of drug-likeness (QED) is 0.880. The fourth-order valence-electron chi connectivity index (χ4n) is 2.86. The first-order valence-electron chi connectivity index (χ1n) is 8.20. The number of benzene rings is 2. The Bertz CT molecular complexity index is 731. The summed E-state index contributed by atoms with van der Waals surface area (Å²) in [5, 5.41) is 5.61. The number of urea groups is 1. The summed E-state index contributed by atoms with van der Waals surface area (Å²) in [6.45, 7) is 1.05. The van der Waals surface area contributed by atoms with Gasteiger partial charge in [0.25, 0.3) is 0 Å². The first-order chi connectivity index (χ1) is 12.2. The van der Waals surface area contributed by atoms with Crippen LogP contribution < -0.4 is 20.3 Å². The van der Waals surface area contributed by atoms with Crippen molar-refractivity contribution in [1.82, 2.24) is 5.32 Å². The average molecular weight is 339 g/mol. The van der Waals surface area contributed by atoms with Crippen LogP contribution >= 0.6 is 0 Å². The van der Waals surface area contributed by atoms with Crippen LogP contribution in [0.4, 0.5) is 16.2 Å². The minimum Gasteiger partial charge on any atom is -0.497 e. The Balaban J connectivity index is 1.51. The molecule has 0 aromatic heterocycles. The van der Waals surface area contributed by atoms with Gasteiger partial charge in [0, 0.05) is 36.8 Å². The molecule has 1 fully saturated rings. The maximum absolute atomic E-state index is 12.2. The molecule has 1 heterocycles. The van der Waals surface area contributed by atoms with Crippen molar-refractivity contribution in [3.05, 3.63) is 54.6 Å². The number of hydrogen-bond acceptors (Lipinski definition) is 3. The number of nitrogens with zero attached hydrogens (tertiary/aromatic N) is 1. The summed E-state index contributed by atoms with van der Waals surface area (Å²) >= 11 is 0. The molecular formula is C19H21N3O3. The highest BCUT2D eigenvalue weighted by Crippen LogP contribution is 2.26. The minimum atomic E-state index is -0.262. The Kier molecular flexibility index (Phi) is 5.18. The maximum Gasteiger partial charge on any atom is 0.319 e. The molecule has 0 aliphatic carbocycles. The van der Waals surface area contributed by atoms with E-state index in [0.29, 0.717) is 19.5 Å². The molecule has 6 nitrogen and oxygen atoms in total. The molecule has 2 aromatic carbocycles. The van der Waals surface area contributed by atoms with Crippen LogP contribution in [0.3, 0.4) is 0 Å². The molecule has 0 unspecified atom stereocenters. The second kappa shape index (κ2) is 7.70. The molecule has 0 radical (unpaired) electrons. The Morgan fingerprint density at radius 3 is 2.56 bits per heavy atom. The summed E-state index contributed by atoms with van der Waals surface area (Å²) in [7, 11) is 1.61. The molecule has 6 heteroatoms. The van der Waals surface area contributed by atoms with Crippen LogP contribution in [-0.4, -0.2) is 32.1 Å². The number of para-hydroxylation sites is 1. The third kappa shape index (κ3) is 4.29. The van der Waals surface area contributed by atoms with Crippen LogP contribution in [-0.2, 0) is 4.79 Å². The highest BCUT2D eigenvalue weighted by Gasteiger charge is 2.30. The van der Waals surface area contributed by atoms with Crippen LogP contribution in [0.15, 0.2) is 54.6 Å². The van der Waals surface area contributed by atoms with Crippen molar-refractivity contribution in [2.75, 3.05) is 30.4 Å². The van der Waals surface area contributed by atoms with Crippen molar-refractivity contribution in [1.29, 1.82) is 0 Å². The summed E-state index contributed by atoms with van der Waals surface area (Å²) in [6.07, 6.45) is 0.428. The van der Waals surface area contributed by atoms with Crippen LogP contribution in [0.1, 0.15) is 6.42 Å². The minimum absolute atomic E-state index is 0.0698. The summed E-state index contributed by atoms with van der Waals surface area (Å²) in [5.41, 5.74) is 1.59. The number of methoxy groups -OCH3 is 1. The van der Waals surface area contributed by atoms with E-state index >= 15 is 0 Å². The Morgan fingerprint density at radius 1 is 1.16 bits per heavy atom. The Labute approximate surface area is 146 Å². The predicted molar refractivity (Wildman–Crippen MR) is 96.9 cm³/mol. The van der Waals surface area contributed by atoms with Gasteiger partial charge in [-0.1, -0.05) is 18.2 Å². The highest BCUT2D eigenvalue weighted by molar-refractivity contribution is 5.96. The molecule has 2 aromatic rings. The molecule has 1 aliphatic heterocycles. The number of nitrogens with one attached hydrogen (secondary N) is 2. The summed E-state index contributed by atoms with van der Waals surface area (Å²) in [5.74, 6) is 0.919. The van der Waals surface area contributed by atoms with Gasteiger partial charge in [-0.2, -0.15) is 0 Å². The molecule has 0 saturated carbocycles. The predicted octanol–water partition coefficient (Wildman–Crippen LogP) is 2.87. The van der Waals surface area contributed by atoms with E-state index in [2.05, 4.69) is 10.6 Å². The summed E-state index contributed by atoms with van der Waals surface area (Å²) < 4.78 is 5.14. The van der Waals surface area contributed by atoms with E-state index in [0.717, 1.165) is 17.1 Å². The van der Waals surface area contributed by atoms with Crippen molar-refractivity contribution < 1.29 is 14.3 Å². The van der Waals surface area contributed by atoms with E-state index in [1.807, 2.05) is 54.6 Å². The molecule has 1 saturated heterocycles. The van der Waals surface area contributed by atoms with E-state index < -0.39 is 0 Å². The van der Waals surface area contributed by atoms with Gasteiger partial charge in [0.2, 0.25) is 5.91 Å². The first kappa shape index (κ1) is 16.8. The van der Waals surface area contributed by atoms with Crippen LogP contribution in [0.2, 0.25) is 0 Å². The Hall–Kier alpha value is -3.02. The van der Waals surface area contributed by atoms with E-state index in [1.54, 1.807) is 12.0 Å². The van der Waals surface area contributed by atoms with Gasteiger partial charge in [-0.25, -0.2) is 4.79 Å². The monoisotopic (exact) mass is 339 g/mol. The lowest BCUT2D eigenvalue weighted by molar-refractivity contribution is -0.117. The molecule has 3 rings (SSSR count). The number of carbonyl (C=O) groups is 2. The van der Waals surface area contributed by atoms with Crippen molar-refractivity contribution >= 4 is 23.3 Å². The van der Waals surface area contributed by atoms with Gasteiger partial charge in [-0.15, -0.1) is 0 Å². The van der Waals surface area contributed by atoms with Gasteiger partial charge in [0.05, 0.1) is 7.11 Å². The molecule has 1 atom stereocenters. The topological polar surface area (TPSA) is 70.7 Å². The number of amides is 3. The molecule has 0 spiro atoms. The van der Waals surface area contributed by atoms with Gasteiger partial charge >= 0.3 is 6.03 Å². The molecule has 2 N–H and O–H groups in total. The number of rotatable bonds is 5. The fraction of sp³-hybridized carbons (Fsp3) is 0.263. The van der Waals surface area contributed by atoms with Crippen molar-refractivity contribution in [2.45, 2.75) is 6.42 Å². The maximum atomic E-state index is 12.2. The Morgan fingerprint density at radius 2 is 1.88 bits per heavy atom. The van der Waals surface area contributed by atoms with E-state index in [-0.39, 0.29) is 17.9 Å². The van der Waals surface area contributed by atoms with Crippen LogP contribution in [0.25, 0.3) is 0 Å². The van der Waals surface area contributed by atoms with E-state index in [9.17, 15) is 9.59 Å². The van der Waals surface area contributed by atoms with E-state index in [4.69, 9.17) is 4.74 Å². The SMILES string of the molecule is COc1ccc(N2C[C@@H](CNC(=O)Nc3ccccc3)CC2=O)cc1. The zero-order valence-corrected chi connectivity index (χ0v) is 14.1. The van der Waals surface area contributed by atoms with Crippen molar-refractivity contribution in [2.24, 2.45) is 5.92 Å². The number of carbonyl (C=O) groups excluding carboxylic acids is 2. The average Bonchev–Trinajstić information content (AvgIpc) is 3.02. The zero-order chi connectivity index (χ0) is 17.6. The second-order valence-electron chi connectivity index (χ2n) is 5.97. The third-order valence-electron chi connectivity index (χ3n) is 4.17. The highest BCUT2D eigenvalue weighted by atomic mass is 16.5. The van der Waals surface area contributed by atoms with Crippen molar-refractivity contribution in [3.63, 3.8) is 0 Å². The second-order valence-corrected chi connectivity index (χ2v) is 5.97. The van der Waals surface area contributed by atoms with Crippen molar-refractivity contribution in [3.8, 4) is 5.75 Å². The number of anilines is 2. The zero-order valence-electron chi connectivity index (χ0n) is 14.1. The number of ether oxygens (including phenoxy) is 1.